The predicted octanol–water partition coefficient (Wildman–Crippen LogP) is 4.61. The number of nitrogens with zero attached hydrogens (tertiary/aromatic N) is 2. The van der Waals surface area contributed by atoms with Crippen molar-refractivity contribution in [1.82, 2.24) is 4.73 Å². The zero-order valence-corrected chi connectivity index (χ0v) is 15.1. The molecule has 24 heavy (non-hydrogen) atoms. The van der Waals surface area contributed by atoms with E-state index in [0.29, 0.717) is 29.2 Å². The summed E-state index contributed by atoms with van der Waals surface area (Å²) >= 11 is 3.40. The van der Waals surface area contributed by atoms with E-state index >= 15 is 0 Å². The van der Waals surface area contributed by atoms with Crippen LogP contribution in [-0.4, -0.2) is 9.94 Å². The lowest BCUT2D eigenvalue weighted by Gasteiger charge is -2.11. The molecule has 122 valence electrons. The van der Waals surface area contributed by atoms with Crippen LogP contribution in [0.3, 0.4) is 0 Å². The van der Waals surface area contributed by atoms with Crippen LogP contribution >= 0.6 is 15.9 Å². The minimum Gasteiger partial charge on any atom is -0.428 e. The maximum Gasteiger partial charge on any atom is 0.293 e. The molecule has 0 fully saturated rings. The maximum absolute atomic E-state index is 13.2. The lowest BCUT2D eigenvalue weighted by atomic mass is 10.0. The number of hydrogen-bond acceptors (Lipinski definition) is 2. The fourth-order valence-electron chi connectivity index (χ4n) is 2.91. The largest absolute Gasteiger partial charge is 0.428 e. The van der Waals surface area contributed by atoms with Crippen LogP contribution in [0, 0.1) is 11.8 Å². The Morgan fingerprint density at radius 2 is 1.58 bits per heavy atom. The Balaban J connectivity index is 2.38. The highest BCUT2D eigenvalue weighted by Crippen LogP contribution is 2.27. The molecule has 3 rings (SSSR count). The third-order valence-corrected chi connectivity index (χ3v) is 4.62. The van der Waals surface area contributed by atoms with Crippen LogP contribution in [-0.2, 0) is 6.42 Å². The van der Waals surface area contributed by atoms with E-state index in [1.54, 1.807) is 6.92 Å². The third-order valence-electron chi connectivity index (χ3n) is 4.10. The Morgan fingerprint density at radius 1 is 1.00 bits per heavy atom. The normalized spacial score (nSPS) is 10.8. The lowest BCUT2D eigenvalue weighted by molar-refractivity contribution is -0.472. The molecule has 3 aromatic rings. The zero-order chi connectivity index (χ0) is 17.3. The molecule has 0 unspecified atom stereocenters. The summed E-state index contributed by atoms with van der Waals surface area (Å²) < 4.78 is 3.00. The van der Waals surface area contributed by atoms with E-state index in [-0.39, 0.29) is 0 Å². The summed E-state index contributed by atoms with van der Waals surface area (Å²) in [5.41, 5.74) is 3.57. The third kappa shape index (κ3) is 2.76. The Labute approximate surface area is 148 Å². The van der Waals surface area contributed by atoms with E-state index in [0.717, 1.165) is 24.8 Å². The Hall–Kier alpha value is -2.40. The van der Waals surface area contributed by atoms with Crippen molar-refractivity contribution in [3.05, 3.63) is 75.4 Å². The summed E-state index contributed by atoms with van der Waals surface area (Å²) in [6.45, 7) is 3.67. The molecule has 0 radical (unpaired) electrons. The molecule has 0 aliphatic rings. The molecule has 0 bridgehead atoms. The molecule has 1 heterocycles. The van der Waals surface area contributed by atoms with Gasteiger partial charge in [-0.2, -0.15) is 4.73 Å². The van der Waals surface area contributed by atoms with Crippen LogP contribution in [0.1, 0.15) is 18.3 Å². The monoisotopic (exact) mass is 385 g/mol. The van der Waals surface area contributed by atoms with E-state index in [1.165, 1.54) is 0 Å². The van der Waals surface area contributed by atoms with Gasteiger partial charge in [-0.15, -0.1) is 0 Å². The quantitative estimate of drug-likeness (QED) is 0.528. The molecule has 0 aliphatic heterocycles. The van der Waals surface area contributed by atoms with Crippen LogP contribution in [0.5, 0.6) is 0 Å². The van der Waals surface area contributed by atoms with Gasteiger partial charge in [0, 0.05) is 9.38 Å². The van der Waals surface area contributed by atoms with Gasteiger partial charge in [-0.05, 0) is 49.7 Å². The Bertz CT molecular complexity index is 932. The fourth-order valence-corrected chi connectivity index (χ4v) is 3.17. The molecule has 1 aromatic heterocycles. The van der Waals surface area contributed by atoms with Gasteiger partial charge in [-0.1, -0.05) is 41.1 Å². The average molecular weight is 386 g/mol. The zero-order valence-electron chi connectivity index (χ0n) is 13.5. The minimum absolute atomic E-state index is 0.445. The first-order chi connectivity index (χ1) is 11.5. The highest BCUT2D eigenvalue weighted by Gasteiger charge is 2.29. The highest BCUT2D eigenvalue weighted by molar-refractivity contribution is 9.10. The van der Waals surface area contributed by atoms with Gasteiger partial charge >= 0.3 is 0 Å². The number of hydrogen-bond donors (Lipinski definition) is 1. The topological polar surface area (TPSA) is 48.1 Å². The molecule has 0 aliphatic carbocycles. The average Bonchev–Trinajstić information content (AvgIpc) is 2.60. The van der Waals surface area contributed by atoms with Crippen molar-refractivity contribution in [1.29, 1.82) is 0 Å². The van der Waals surface area contributed by atoms with Crippen LogP contribution in [0.15, 0.2) is 59.1 Å². The van der Waals surface area contributed by atoms with Gasteiger partial charge in [0.2, 0.25) is 0 Å². The predicted molar refractivity (Wildman–Crippen MR) is 97.7 cm³/mol. The van der Waals surface area contributed by atoms with Gasteiger partial charge in [0.15, 0.2) is 0 Å². The smallest absolute Gasteiger partial charge is 0.293 e. The summed E-state index contributed by atoms with van der Waals surface area (Å²) in [4.78, 5) is 13.2. The second-order valence-corrected chi connectivity index (χ2v) is 6.48. The first kappa shape index (κ1) is 16.5. The van der Waals surface area contributed by atoms with Gasteiger partial charge in [-0.3, -0.25) is 0 Å². The SMILES string of the molecule is CCc1c(-c2ccccc2)[n+](=O)c(-c2ccc(Br)cc2)c(C)n1O. The van der Waals surface area contributed by atoms with Crippen molar-refractivity contribution < 1.29 is 9.63 Å². The molecular weight excluding hydrogens is 368 g/mol. The second-order valence-electron chi connectivity index (χ2n) is 5.56. The van der Waals surface area contributed by atoms with E-state index in [4.69, 9.17) is 0 Å². The highest BCUT2D eigenvalue weighted by atomic mass is 79.9. The molecule has 0 saturated carbocycles. The van der Waals surface area contributed by atoms with Gasteiger partial charge in [0.1, 0.15) is 11.4 Å². The summed E-state index contributed by atoms with van der Waals surface area (Å²) in [6, 6.07) is 16.9. The molecule has 1 N–H and O–H groups in total. The van der Waals surface area contributed by atoms with Gasteiger partial charge in [0.05, 0.1) is 15.6 Å². The van der Waals surface area contributed by atoms with Gasteiger partial charge < -0.3 is 5.21 Å². The van der Waals surface area contributed by atoms with Crippen molar-refractivity contribution in [2.45, 2.75) is 20.3 Å². The minimum atomic E-state index is 0.445. The molecule has 0 saturated heterocycles. The molecule has 4 nitrogen and oxygen atoms in total. The molecular formula is C19H18BrN2O2+. The number of benzene rings is 2. The lowest BCUT2D eigenvalue weighted by Crippen LogP contribution is -2.29. The Morgan fingerprint density at radius 3 is 2.17 bits per heavy atom. The van der Waals surface area contributed by atoms with Gasteiger partial charge in [0.25, 0.3) is 11.4 Å². The Kier molecular flexibility index (Phi) is 4.53. The molecule has 2 aromatic carbocycles. The van der Waals surface area contributed by atoms with Crippen LogP contribution < -0.4 is 4.43 Å². The van der Waals surface area contributed by atoms with Crippen LogP contribution in [0.25, 0.3) is 22.5 Å². The van der Waals surface area contributed by atoms with Gasteiger partial charge in [-0.25, -0.2) is 0 Å². The first-order valence-corrected chi connectivity index (χ1v) is 8.55. The summed E-state index contributed by atoms with van der Waals surface area (Å²) in [6.07, 6.45) is 0.546. The molecule has 0 atom stereocenters. The molecule has 5 heteroatoms. The van der Waals surface area contributed by atoms with Crippen LogP contribution in [0.4, 0.5) is 0 Å². The summed E-state index contributed by atoms with van der Waals surface area (Å²) in [5.74, 6) is 0. The second kappa shape index (κ2) is 6.61. The van der Waals surface area contributed by atoms with Crippen molar-refractivity contribution in [2.24, 2.45) is 0 Å². The van der Waals surface area contributed by atoms with E-state index in [9.17, 15) is 10.1 Å². The van der Waals surface area contributed by atoms with Crippen molar-refractivity contribution >= 4 is 15.9 Å². The summed E-state index contributed by atoms with van der Waals surface area (Å²) in [7, 11) is 0. The van der Waals surface area contributed by atoms with E-state index in [2.05, 4.69) is 15.9 Å². The van der Waals surface area contributed by atoms with E-state index in [1.807, 2.05) is 61.5 Å². The molecule has 0 amide bonds. The maximum atomic E-state index is 13.2. The first-order valence-electron chi connectivity index (χ1n) is 7.76. The van der Waals surface area contributed by atoms with E-state index < -0.39 is 0 Å². The van der Waals surface area contributed by atoms with Crippen LogP contribution in [0.2, 0.25) is 0 Å². The number of rotatable bonds is 3. The standard InChI is InChI=1S/C19H18BrN2O2/c1-3-17-19(14-7-5-4-6-8-14)22(24)18(13(2)21(17)23)15-9-11-16(20)12-10-15/h4-12,23H,3H2,1-2H3/q+1. The fraction of sp³-hybridized carbons (Fsp3) is 0.158. The van der Waals surface area contributed by atoms with Crippen molar-refractivity contribution in [3.63, 3.8) is 0 Å². The molecule has 0 spiro atoms. The van der Waals surface area contributed by atoms with Crippen molar-refractivity contribution in [2.75, 3.05) is 0 Å². The number of halogens is 1. The summed E-state index contributed by atoms with van der Waals surface area (Å²) in [5, 5.41) is 10.6. The number of aromatic nitrogens is 2. The van der Waals surface area contributed by atoms with Crippen molar-refractivity contribution in [3.8, 4) is 22.5 Å².